The van der Waals surface area contributed by atoms with E-state index in [4.69, 9.17) is 4.52 Å². The van der Waals surface area contributed by atoms with Crippen LogP contribution in [0.1, 0.15) is 5.69 Å². The van der Waals surface area contributed by atoms with Crippen molar-refractivity contribution in [1.82, 2.24) is 29.7 Å². The number of rotatable bonds is 4. The fraction of sp³-hybridized carbons (Fsp3) is 0.0455. The largest absolute Gasteiger partial charge is 0.333 e. The van der Waals surface area contributed by atoms with Gasteiger partial charge in [0.1, 0.15) is 22.0 Å². The van der Waals surface area contributed by atoms with E-state index in [-0.39, 0.29) is 0 Å². The molecule has 150 valence electrons. The number of thiophene rings is 1. The Balaban J connectivity index is 1.31. The third kappa shape index (κ3) is 3.15. The molecule has 7 nitrogen and oxygen atoms in total. The molecule has 0 aliphatic carbocycles. The average molecular weight is 443 g/mol. The molecule has 1 aromatic carbocycles. The summed E-state index contributed by atoms with van der Waals surface area (Å²) in [7, 11) is 0. The number of hydrogen-bond acceptors (Lipinski definition) is 8. The number of thiazole rings is 1. The lowest BCUT2D eigenvalue weighted by molar-refractivity contribution is 0.433. The molecule has 0 saturated carbocycles. The molecule has 9 heteroatoms. The molecule has 0 N–H and O–H groups in total. The van der Waals surface area contributed by atoms with Gasteiger partial charge in [0.15, 0.2) is 0 Å². The lowest BCUT2D eigenvalue weighted by Crippen LogP contribution is -1.95. The summed E-state index contributed by atoms with van der Waals surface area (Å²) in [5.41, 5.74) is 4.70. The van der Waals surface area contributed by atoms with Gasteiger partial charge in [-0.05, 0) is 42.6 Å². The van der Waals surface area contributed by atoms with E-state index < -0.39 is 0 Å². The van der Waals surface area contributed by atoms with Crippen molar-refractivity contribution in [2.24, 2.45) is 0 Å². The summed E-state index contributed by atoms with van der Waals surface area (Å²) in [5, 5.41) is 9.23. The van der Waals surface area contributed by atoms with Crippen LogP contribution in [0.2, 0.25) is 0 Å². The van der Waals surface area contributed by atoms with E-state index in [0.717, 1.165) is 43.6 Å². The summed E-state index contributed by atoms with van der Waals surface area (Å²) in [4.78, 5) is 19.1. The van der Waals surface area contributed by atoms with Gasteiger partial charge in [0.25, 0.3) is 5.89 Å². The number of hydrogen-bond donors (Lipinski definition) is 0. The number of nitrogens with zero attached hydrogens (tertiary/aromatic N) is 6. The van der Waals surface area contributed by atoms with E-state index >= 15 is 0 Å². The first-order valence-electron chi connectivity index (χ1n) is 9.49. The van der Waals surface area contributed by atoms with E-state index in [9.17, 15) is 0 Å². The number of benzene rings is 1. The summed E-state index contributed by atoms with van der Waals surface area (Å²) in [5.74, 6) is 1.74. The molecular formula is C22H14N6OS2. The van der Waals surface area contributed by atoms with Crippen LogP contribution in [0, 0.1) is 6.92 Å². The van der Waals surface area contributed by atoms with Crippen LogP contribution in [0.15, 0.2) is 70.3 Å². The van der Waals surface area contributed by atoms with Gasteiger partial charge in [-0.3, -0.25) is 4.57 Å². The molecule has 5 aromatic heterocycles. The maximum Gasteiger partial charge on any atom is 0.270 e. The normalized spacial score (nSPS) is 11.4. The molecule has 0 spiro atoms. The van der Waals surface area contributed by atoms with E-state index in [1.165, 1.54) is 0 Å². The highest BCUT2D eigenvalue weighted by atomic mass is 32.1. The maximum atomic E-state index is 5.55. The predicted octanol–water partition coefficient (Wildman–Crippen LogP) is 5.63. The number of pyridine rings is 1. The average Bonchev–Trinajstić information content (AvgIpc) is 3.59. The van der Waals surface area contributed by atoms with Crippen LogP contribution in [0.3, 0.4) is 0 Å². The second-order valence-electron chi connectivity index (χ2n) is 6.88. The van der Waals surface area contributed by atoms with Crippen molar-refractivity contribution in [2.75, 3.05) is 0 Å². The van der Waals surface area contributed by atoms with Crippen molar-refractivity contribution in [1.29, 1.82) is 0 Å². The third-order valence-corrected chi connectivity index (χ3v) is 6.77. The lowest BCUT2D eigenvalue weighted by Gasteiger charge is -2.03. The molecule has 0 fully saturated rings. The van der Waals surface area contributed by atoms with Crippen LogP contribution in [0.5, 0.6) is 0 Å². The van der Waals surface area contributed by atoms with Gasteiger partial charge in [0.05, 0.1) is 16.7 Å². The number of aromatic nitrogens is 6. The molecular weight excluding hydrogens is 428 g/mol. The Morgan fingerprint density at radius 2 is 1.90 bits per heavy atom. The second-order valence-corrected chi connectivity index (χ2v) is 8.66. The van der Waals surface area contributed by atoms with Gasteiger partial charge in [0.2, 0.25) is 5.82 Å². The Morgan fingerprint density at radius 3 is 2.74 bits per heavy atom. The minimum atomic E-state index is 0.469. The smallest absolute Gasteiger partial charge is 0.270 e. The van der Waals surface area contributed by atoms with Crippen LogP contribution in [0.25, 0.3) is 49.6 Å². The van der Waals surface area contributed by atoms with Crippen LogP contribution in [-0.2, 0) is 0 Å². The molecule has 5 heterocycles. The summed E-state index contributed by atoms with van der Waals surface area (Å²) in [6.07, 6.45) is 3.52. The minimum Gasteiger partial charge on any atom is -0.333 e. The minimum absolute atomic E-state index is 0.469. The zero-order valence-electron chi connectivity index (χ0n) is 16.3. The quantitative estimate of drug-likeness (QED) is 0.352. The Morgan fingerprint density at radius 1 is 0.968 bits per heavy atom. The maximum absolute atomic E-state index is 5.55. The zero-order valence-corrected chi connectivity index (χ0v) is 17.9. The third-order valence-electron chi connectivity index (χ3n) is 4.89. The van der Waals surface area contributed by atoms with E-state index in [1.807, 2.05) is 53.3 Å². The monoisotopic (exact) mass is 442 g/mol. The molecule has 0 radical (unpaired) electrons. The fourth-order valence-electron chi connectivity index (χ4n) is 3.34. The van der Waals surface area contributed by atoms with Gasteiger partial charge in [-0.1, -0.05) is 17.3 Å². The van der Waals surface area contributed by atoms with Crippen molar-refractivity contribution in [3.63, 3.8) is 0 Å². The van der Waals surface area contributed by atoms with Gasteiger partial charge in [-0.15, -0.1) is 11.3 Å². The molecule has 0 atom stereocenters. The van der Waals surface area contributed by atoms with Crippen LogP contribution in [-0.4, -0.2) is 29.7 Å². The van der Waals surface area contributed by atoms with Crippen molar-refractivity contribution in [2.45, 2.75) is 6.92 Å². The van der Waals surface area contributed by atoms with Gasteiger partial charge in [-0.25, -0.2) is 15.0 Å². The first-order chi connectivity index (χ1) is 15.3. The summed E-state index contributed by atoms with van der Waals surface area (Å²) >= 11 is 3.20. The molecule has 0 unspecified atom stereocenters. The number of fused-ring (bicyclic) bond motifs is 1. The summed E-state index contributed by atoms with van der Waals surface area (Å²) < 4.78 is 7.50. The Hall–Kier alpha value is -3.69. The molecule has 0 aliphatic heterocycles. The second kappa shape index (κ2) is 7.22. The van der Waals surface area contributed by atoms with E-state index in [0.29, 0.717) is 11.7 Å². The molecule has 6 rings (SSSR count). The van der Waals surface area contributed by atoms with Gasteiger partial charge >= 0.3 is 0 Å². The fourth-order valence-corrected chi connectivity index (χ4v) is 5.04. The Kier molecular flexibility index (Phi) is 4.22. The molecule has 6 aromatic rings. The SMILES string of the molecule is Cc1nc(-c2ccsc2)sc1-c1nc(-c2ccc(-n3cnc4ccccc43)nc2)no1. The molecule has 0 saturated heterocycles. The highest BCUT2D eigenvalue weighted by molar-refractivity contribution is 7.18. The molecule has 0 bridgehead atoms. The molecule has 31 heavy (non-hydrogen) atoms. The van der Waals surface area contributed by atoms with Gasteiger partial charge in [0, 0.05) is 22.7 Å². The lowest BCUT2D eigenvalue weighted by atomic mass is 10.2. The van der Waals surface area contributed by atoms with Crippen molar-refractivity contribution in [3.05, 3.63) is 71.4 Å². The van der Waals surface area contributed by atoms with Crippen LogP contribution < -0.4 is 0 Å². The Bertz CT molecular complexity index is 1490. The summed E-state index contributed by atoms with van der Waals surface area (Å²) in [6, 6.07) is 13.9. The number of imidazole rings is 1. The summed E-state index contributed by atoms with van der Waals surface area (Å²) in [6.45, 7) is 1.96. The van der Waals surface area contributed by atoms with Crippen molar-refractivity contribution < 1.29 is 4.52 Å². The van der Waals surface area contributed by atoms with Crippen LogP contribution >= 0.6 is 22.7 Å². The van der Waals surface area contributed by atoms with Gasteiger partial charge in [-0.2, -0.15) is 16.3 Å². The van der Waals surface area contributed by atoms with Crippen LogP contribution in [0.4, 0.5) is 0 Å². The van der Waals surface area contributed by atoms with Gasteiger partial charge < -0.3 is 4.52 Å². The van der Waals surface area contributed by atoms with Crippen molar-refractivity contribution >= 4 is 33.7 Å². The highest BCUT2D eigenvalue weighted by Crippen LogP contribution is 2.35. The topological polar surface area (TPSA) is 82.5 Å². The zero-order chi connectivity index (χ0) is 20.8. The standard InChI is InChI=1S/C22H14N6OS2/c1-13-19(31-22(25-13)15-8-9-30-11-15)21-26-20(27-29-21)14-6-7-18(23-10-14)28-12-24-16-4-2-3-5-17(16)28/h2-12H,1H3. The number of aryl methyl sites for hydroxylation is 1. The first kappa shape index (κ1) is 18.1. The van der Waals surface area contributed by atoms with Crippen molar-refractivity contribution in [3.8, 4) is 38.5 Å². The Labute approximate surface area is 184 Å². The predicted molar refractivity (Wildman–Crippen MR) is 121 cm³/mol. The first-order valence-corrected chi connectivity index (χ1v) is 11.3. The molecule has 0 aliphatic rings. The van der Waals surface area contributed by atoms with E-state index in [1.54, 1.807) is 35.2 Å². The number of para-hydroxylation sites is 2. The highest BCUT2D eigenvalue weighted by Gasteiger charge is 2.18. The molecule has 0 amide bonds. The van der Waals surface area contributed by atoms with E-state index in [2.05, 4.69) is 36.5 Å².